The Morgan fingerprint density at radius 3 is 1.39 bits per heavy atom. The molecule has 66 heavy (non-hydrogen) atoms. The molecule has 6 rings (SSSR count). The molecule has 1 fully saturated rings. The zero-order chi connectivity index (χ0) is 46.2. The third-order valence-electron chi connectivity index (χ3n) is 12.1. The monoisotopic (exact) mass is 905 g/mol. The van der Waals surface area contributed by atoms with Gasteiger partial charge in [-0.1, -0.05) is 24.3 Å². The van der Waals surface area contributed by atoms with Crippen molar-refractivity contribution < 1.29 is 24.6 Å². The number of aliphatic hydroxyl groups excluding tert-OH is 1. The highest BCUT2D eigenvalue weighted by Crippen LogP contribution is 2.20. The molecule has 0 spiro atoms. The van der Waals surface area contributed by atoms with E-state index < -0.39 is 5.97 Å². The number of aromatic nitrogens is 4. The Bertz CT molecular complexity index is 1980. The van der Waals surface area contributed by atoms with Crippen molar-refractivity contribution in [2.75, 3.05) is 124 Å². The average molecular weight is 905 g/mol. The Morgan fingerprint density at radius 1 is 0.530 bits per heavy atom. The fourth-order valence-corrected chi connectivity index (χ4v) is 8.27. The molecule has 4 aromatic heterocycles. The molecule has 6 heterocycles. The van der Waals surface area contributed by atoms with Crippen LogP contribution in [-0.4, -0.2) is 202 Å². The highest BCUT2D eigenvalue weighted by atomic mass is 16.4. The lowest BCUT2D eigenvalue weighted by atomic mass is 10.1. The number of carboxylic acid groups (broad SMARTS) is 1. The van der Waals surface area contributed by atoms with Crippen LogP contribution in [-0.2, 0) is 40.1 Å². The van der Waals surface area contributed by atoms with Gasteiger partial charge in [-0.25, -0.2) is 0 Å². The molecule has 17 nitrogen and oxygen atoms in total. The van der Waals surface area contributed by atoms with Crippen molar-refractivity contribution in [3.05, 3.63) is 132 Å². The molecule has 4 aromatic rings. The molecule has 0 aliphatic carbocycles. The molecule has 354 valence electrons. The number of nitrogens with zero attached hydrogens (tertiary/aromatic N) is 10. The van der Waals surface area contributed by atoms with Crippen LogP contribution in [0.1, 0.15) is 29.2 Å². The number of carbonyl (C=O) groups is 3. The molecule has 2 amide bonds. The highest BCUT2D eigenvalue weighted by Gasteiger charge is 2.27. The summed E-state index contributed by atoms with van der Waals surface area (Å²) in [5, 5.41) is 27.4. The molecule has 2 bridgehead atoms. The zero-order valence-corrected chi connectivity index (χ0v) is 38.3. The normalized spacial score (nSPS) is 16.5. The van der Waals surface area contributed by atoms with E-state index in [9.17, 15) is 24.6 Å². The van der Waals surface area contributed by atoms with Crippen LogP contribution in [0.3, 0.4) is 0 Å². The van der Waals surface area contributed by atoms with Crippen molar-refractivity contribution in [3.8, 4) is 0 Å². The second-order valence-electron chi connectivity index (χ2n) is 17.0. The average Bonchev–Trinajstić information content (AvgIpc) is 3.33. The van der Waals surface area contributed by atoms with Gasteiger partial charge in [0.25, 0.3) is 0 Å². The Labute approximate surface area is 389 Å². The molecule has 4 N–H and O–H groups in total. The topological polar surface area (TPSA) is 187 Å². The van der Waals surface area contributed by atoms with Crippen molar-refractivity contribution in [1.82, 2.24) is 60.0 Å². The molecule has 2 aliphatic rings. The van der Waals surface area contributed by atoms with Crippen LogP contribution in [0.4, 0.5) is 0 Å². The van der Waals surface area contributed by atoms with Gasteiger partial charge < -0.3 is 35.5 Å². The maximum absolute atomic E-state index is 13.6. The lowest BCUT2D eigenvalue weighted by molar-refractivity contribution is -0.138. The maximum atomic E-state index is 13.6. The Morgan fingerprint density at radius 2 is 0.955 bits per heavy atom. The van der Waals surface area contributed by atoms with Crippen LogP contribution >= 0.6 is 0 Å². The second-order valence-corrected chi connectivity index (χ2v) is 17.0. The number of hydrogen-bond acceptors (Lipinski definition) is 14. The van der Waals surface area contributed by atoms with Gasteiger partial charge in [0, 0.05) is 184 Å². The quantitative estimate of drug-likeness (QED) is 0.0798. The maximum Gasteiger partial charge on any atom is 0.317 e. The third-order valence-corrected chi connectivity index (χ3v) is 12.1. The Hall–Kier alpha value is -5.85. The molecule has 17 heteroatoms. The number of hydrogen-bond donors (Lipinski definition) is 4. The summed E-state index contributed by atoms with van der Waals surface area (Å²) in [6.45, 7) is 9.41. The summed E-state index contributed by atoms with van der Waals surface area (Å²) in [7, 11) is 0. The predicted molar refractivity (Wildman–Crippen MR) is 253 cm³/mol. The van der Waals surface area contributed by atoms with Gasteiger partial charge in [0.15, 0.2) is 0 Å². The number of nitrogens with one attached hydrogen (secondary N) is 2. The van der Waals surface area contributed by atoms with Crippen LogP contribution in [0.25, 0.3) is 0 Å². The summed E-state index contributed by atoms with van der Waals surface area (Å²) >= 11 is 0. The van der Waals surface area contributed by atoms with E-state index in [0.29, 0.717) is 90.7 Å². The molecule has 0 radical (unpaired) electrons. The van der Waals surface area contributed by atoms with E-state index in [1.807, 2.05) is 95.0 Å². The summed E-state index contributed by atoms with van der Waals surface area (Å²) in [5.74, 6) is -0.949. The molecule has 1 unspecified atom stereocenters. The molecule has 2 aliphatic heterocycles. The minimum atomic E-state index is -0.951. The van der Waals surface area contributed by atoms with Crippen LogP contribution in [0.2, 0.25) is 0 Å². The number of fused-ring (bicyclic) bond motifs is 2. The van der Waals surface area contributed by atoms with Crippen molar-refractivity contribution >= 4 is 17.8 Å². The fraction of sp³-hybridized carbons (Fsp3) is 0.490. The molecular formula is C49H68N12O5. The fourth-order valence-electron chi connectivity index (χ4n) is 8.27. The van der Waals surface area contributed by atoms with Crippen molar-refractivity contribution in [1.29, 1.82) is 0 Å². The van der Waals surface area contributed by atoms with Gasteiger partial charge in [0.2, 0.25) is 11.8 Å². The standard InChI is InChI=1S/C49H68N12O5/c62-46-17-28-58-31-32-59(38-47(63)54-22-29-56(24-13-41-9-1-5-18-50-41)25-14-42-10-2-6-19-51-42)33-34-60(40-49(65)66)35-36-61(45(46)37-58)39-48(64)55-23-30-57(26-15-43-11-3-7-20-52-43)27-16-44-12-4-8-21-53-44/h1-12,18-21,62H,13-17,22-40H2,(H,54,63)(H,55,64)(H,65,66). The number of amides is 2. The van der Waals surface area contributed by atoms with E-state index in [2.05, 4.69) is 50.2 Å². The first-order chi connectivity index (χ1) is 32.3. The number of carbonyl (C=O) groups excluding carboxylic acids is 2. The molecule has 1 saturated heterocycles. The smallest absolute Gasteiger partial charge is 0.317 e. The summed E-state index contributed by atoms with van der Waals surface area (Å²) in [6.07, 6.45) is 10.8. The summed E-state index contributed by atoms with van der Waals surface area (Å²) < 4.78 is 0. The van der Waals surface area contributed by atoms with Crippen LogP contribution < -0.4 is 10.6 Å². The summed E-state index contributed by atoms with van der Waals surface area (Å²) in [6, 6.07) is 23.7. The van der Waals surface area contributed by atoms with Gasteiger partial charge in [-0.3, -0.25) is 49.0 Å². The number of rotatable bonds is 24. The van der Waals surface area contributed by atoms with Crippen molar-refractivity contribution in [2.45, 2.75) is 32.1 Å². The molecular weight excluding hydrogens is 837 g/mol. The summed E-state index contributed by atoms with van der Waals surface area (Å²) in [4.78, 5) is 69.9. The Kier molecular flexibility index (Phi) is 20.7. The number of aliphatic hydroxyl groups is 1. The van der Waals surface area contributed by atoms with E-state index in [1.165, 1.54) is 0 Å². The van der Waals surface area contributed by atoms with Crippen molar-refractivity contribution in [3.63, 3.8) is 0 Å². The van der Waals surface area contributed by atoms with E-state index in [4.69, 9.17) is 0 Å². The molecule has 0 aromatic carbocycles. The van der Waals surface area contributed by atoms with E-state index >= 15 is 0 Å². The SMILES string of the molecule is O=C(O)CN1CCN(CC(=O)NCCN(CCc2ccccn2)CCc2ccccn2)CCN2CCC(O)=C(C2)N(CC(=O)NCCN(CCc2ccccn2)CCc2ccccn2)CC1. The van der Waals surface area contributed by atoms with Gasteiger partial charge >= 0.3 is 5.97 Å². The highest BCUT2D eigenvalue weighted by molar-refractivity contribution is 5.78. The van der Waals surface area contributed by atoms with Gasteiger partial charge in [-0.2, -0.15) is 0 Å². The zero-order valence-electron chi connectivity index (χ0n) is 38.3. The second kappa shape index (κ2) is 27.6. The van der Waals surface area contributed by atoms with Crippen molar-refractivity contribution in [2.24, 2.45) is 0 Å². The van der Waals surface area contributed by atoms with E-state index in [0.717, 1.165) is 74.6 Å². The van der Waals surface area contributed by atoms with E-state index in [1.54, 1.807) is 12.4 Å². The lowest BCUT2D eigenvalue weighted by Gasteiger charge is -2.38. The molecule has 0 saturated carbocycles. The van der Waals surface area contributed by atoms with Gasteiger partial charge in [-0.15, -0.1) is 0 Å². The third kappa shape index (κ3) is 18.2. The first-order valence-corrected chi connectivity index (χ1v) is 23.4. The summed E-state index contributed by atoms with van der Waals surface area (Å²) in [5.41, 5.74) is 4.76. The minimum Gasteiger partial charge on any atom is -0.510 e. The van der Waals surface area contributed by atoms with Crippen LogP contribution in [0, 0.1) is 0 Å². The number of pyridine rings is 4. The first kappa shape index (κ1) is 49.6. The largest absolute Gasteiger partial charge is 0.510 e. The predicted octanol–water partition coefficient (Wildman–Crippen LogP) is 1.85. The van der Waals surface area contributed by atoms with Gasteiger partial charge in [-0.05, 0) is 48.5 Å². The molecule has 1 atom stereocenters. The Balaban J connectivity index is 1.01. The van der Waals surface area contributed by atoms with E-state index in [-0.39, 0.29) is 37.2 Å². The van der Waals surface area contributed by atoms with Crippen LogP contribution in [0.15, 0.2) is 109 Å². The number of aliphatic carboxylic acids is 1. The first-order valence-electron chi connectivity index (χ1n) is 23.4. The van der Waals surface area contributed by atoms with Gasteiger partial charge in [0.1, 0.15) is 5.76 Å². The lowest BCUT2D eigenvalue weighted by Crippen LogP contribution is -2.51. The number of carboxylic acids is 1. The van der Waals surface area contributed by atoms with Crippen LogP contribution in [0.5, 0.6) is 0 Å². The minimum absolute atomic E-state index is 0.0338. The van der Waals surface area contributed by atoms with Gasteiger partial charge in [0.05, 0.1) is 25.3 Å².